The molecule has 2 nitrogen and oxygen atoms in total. The fraction of sp³-hybridized carbons (Fsp3) is 0.562. The Hall–Kier alpha value is -1.31. The molecule has 1 aromatic rings. The predicted octanol–water partition coefficient (Wildman–Crippen LogP) is 2.78. The van der Waals surface area contributed by atoms with Gasteiger partial charge in [0.1, 0.15) is 0 Å². The van der Waals surface area contributed by atoms with Crippen molar-refractivity contribution in [2.75, 3.05) is 0 Å². The Labute approximate surface area is 108 Å². The van der Waals surface area contributed by atoms with Gasteiger partial charge in [-0.3, -0.25) is 4.79 Å². The number of carbonyl (C=O) groups is 1. The van der Waals surface area contributed by atoms with Gasteiger partial charge in [0.15, 0.2) is 0 Å². The molecule has 3 saturated carbocycles. The van der Waals surface area contributed by atoms with E-state index < -0.39 is 0 Å². The molecule has 0 aromatic heterocycles. The molecule has 2 atom stereocenters. The average Bonchev–Trinajstić information content (AvgIpc) is 2.58. The quantitative estimate of drug-likeness (QED) is 0.743. The topological polar surface area (TPSA) is 29.1 Å². The summed E-state index contributed by atoms with van der Waals surface area (Å²) < 4.78 is 0. The maximum absolute atomic E-state index is 12.3. The van der Waals surface area contributed by atoms with Gasteiger partial charge in [-0.2, -0.15) is 0 Å². The summed E-state index contributed by atoms with van der Waals surface area (Å²) >= 11 is 0. The van der Waals surface area contributed by atoms with E-state index in [9.17, 15) is 4.79 Å². The molecule has 3 aliphatic carbocycles. The molecule has 1 heterocycles. The van der Waals surface area contributed by atoms with Crippen molar-refractivity contribution in [3.05, 3.63) is 35.4 Å². The molecule has 0 spiro atoms. The zero-order valence-corrected chi connectivity index (χ0v) is 10.6. The van der Waals surface area contributed by atoms with Crippen LogP contribution in [0, 0.1) is 17.8 Å². The Morgan fingerprint density at radius 3 is 2.56 bits per heavy atom. The molecule has 1 aromatic carbocycles. The molecule has 4 aliphatic rings. The van der Waals surface area contributed by atoms with Crippen molar-refractivity contribution in [2.45, 2.75) is 38.1 Å². The van der Waals surface area contributed by atoms with Crippen LogP contribution in [-0.2, 0) is 6.42 Å². The molecular formula is C16H19NO. The van der Waals surface area contributed by atoms with Crippen LogP contribution in [0.1, 0.15) is 41.6 Å². The molecule has 1 N–H and O–H groups in total. The molecule has 2 heteroatoms. The Balaban J connectivity index is 1.76. The third-order valence-corrected chi connectivity index (χ3v) is 5.41. The minimum absolute atomic E-state index is 0.158. The Morgan fingerprint density at radius 1 is 1.00 bits per heavy atom. The van der Waals surface area contributed by atoms with E-state index >= 15 is 0 Å². The van der Waals surface area contributed by atoms with Gasteiger partial charge in [0.25, 0.3) is 5.91 Å². The van der Waals surface area contributed by atoms with Gasteiger partial charge >= 0.3 is 0 Å². The van der Waals surface area contributed by atoms with Crippen molar-refractivity contribution >= 4 is 5.91 Å². The van der Waals surface area contributed by atoms with Gasteiger partial charge in [0.05, 0.1) is 0 Å². The minimum Gasteiger partial charge on any atom is -0.349 e. The maximum atomic E-state index is 12.3. The van der Waals surface area contributed by atoms with Gasteiger partial charge in [0.2, 0.25) is 0 Å². The van der Waals surface area contributed by atoms with Crippen molar-refractivity contribution in [3.8, 4) is 0 Å². The third-order valence-electron chi connectivity index (χ3n) is 5.41. The zero-order valence-electron chi connectivity index (χ0n) is 10.6. The lowest BCUT2D eigenvalue weighted by molar-refractivity contribution is 0.0486. The van der Waals surface area contributed by atoms with Crippen molar-refractivity contribution in [2.24, 2.45) is 17.8 Å². The van der Waals surface area contributed by atoms with E-state index in [0.717, 1.165) is 23.8 Å². The molecule has 2 bridgehead atoms. The van der Waals surface area contributed by atoms with Crippen molar-refractivity contribution in [1.82, 2.24) is 5.32 Å². The van der Waals surface area contributed by atoms with E-state index in [1.54, 1.807) is 0 Å². The highest BCUT2D eigenvalue weighted by Gasteiger charge is 2.45. The smallest absolute Gasteiger partial charge is 0.251 e. The summed E-state index contributed by atoms with van der Waals surface area (Å²) in [6.45, 7) is 0. The van der Waals surface area contributed by atoms with Gasteiger partial charge in [0, 0.05) is 11.6 Å². The summed E-state index contributed by atoms with van der Waals surface area (Å²) in [5.74, 6) is 2.42. The van der Waals surface area contributed by atoms with Gasteiger partial charge in [-0.05, 0) is 61.5 Å². The van der Waals surface area contributed by atoms with E-state index in [1.807, 2.05) is 12.1 Å². The number of benzene rings is 1. The van der Waals surface area contributed by atoms with E-state index in [0.29, 0.717) is 12.0 Å². The highest BCUT2D eigenvalue weighted by Crippen LogP contribution is 2.47. The molecule has 5 rings (SSSR count). The van der Waals surface area contributed by atoms with Crippen LogP contribution in [0.4, 0.5) is 0 Å². The fourth-order valence-electron chi connectivity index (χ4n) is 4.50. The normalized spacial score (nSPS) is 37.4. The first-order valence-electron chi connectivity index (χ1n) is 7.21. The molecule has 1 amide bonds. The van der Waals surface area contributed by atoms with Gasteiger partial charge < -0.3 is 5.32 Å². The monoisotopic (exact) mass is 241 g/mol. The number of hydrogen-bond donors (Lipinski definition) is 1. The summed E-state index contributed by atoms with van der Waals surface area (Å²) in [7, 11) is 0. The van der Waals surface area contributed by atoms with Crippen LogP contribution in [0.2, 0.25) is 0 Å². The van der Waals surface area contributed by atoms with Crippen LogP contribution in [0.3, 0.4) is 0 Å². The second-order valence-corrected chi connectivity index (χ2v) is 6.20. The highest BCUT2D eigenvalue weighted by molar-refractivity contribution is 5.96. The molecule has 18 heavy (non-hydrogen) atoms. The first-order valence-corrected chi connectivity index (χ1v) is 7.21. The van der Waals surface area contributed by atoms with Crippen LogP contribution >= 0.6 is 0 Å². The van der Waals surface area contributed by atoms with Gasteiger partial charge in [-0.25, -0.2) is 0 Å². The first-order chi connectivity index (χ1) is 8.83. The number of amides is 1. The summed E-state index contributed by atoms with van der Waals surface area (Å²) in [5, 5.41) is 3.33. The lowest BCUT2D eigenvalue weighted by atomic mass is 9.60. The van der Waals surface area contributed by atoms with Crippen molar-refractivity contribution < 1.29 is 4.79 Å². The molecule has 0 saturated heterocycles. The first kappa shape index (κ1) is 10.6. The summed E-state index contributed by atoms with van der Waals surface area (Å²) in [4.78, 5) is 12.3. The Kier molecular flexibility index (Phi) is 2.26. The molecule has 2 unspecified atom stereocenters. The maximum Gasteiger partial charge on any atom is 0.251 e. The Morgan fingerprint density at radius 2 is 1.72 bits per heavy atom. The lowest BCUT2D eigenvalue weighted by Crippen LogP contribution is -2.52. The van der Waals surface area contributed by atoms with Crippen LogP contribution in [0.25, 0.3) is 0 Å². The molecular weight excluding hydrogens is 222 g/mol. The third kappa shape index (κ3) is 1.44. The second kappa shape index (κ2) is 3.84. The summed E-state index contributed by atoms with van der Waals surface area (Å²) in [5.41, 5.74) is 2.17. The van der Waals surface area contributed by atoms with Gasteiger partial charge in [-0.15, -0.1) is 0 Å². The molecule has 1 aliphatic heterocycles. The summed E-state index contributed by atoms with van der Waals surface area (Å²) in [6.07, 6.45) is 6.50. The number of nitrogens with one attached hydrogen (secondary N) is 1. The van der Waals surface area contributed by atoms with Crippen molar-refractivity contribution in [1.29, 1.82) is 0 Å². The Bertz CT molecular complexity index is 488. The van der Waals surface area contributed by atoms with E-state index in [1.165, 1.54) is 31.2 Å². The molecule has 3 fully saturated rings. The average molecular weight is 241 g/mol. The highest BCUT2D eigenvalue weighted by atomic mass is 16.1. The van der Waals surface area contributed by atoms with Crippen molar-refractivity contribution in [3.63, 3.8) is 0 Å². The lowest BCUT2D eigenvalue weighted by Gasteiger charge is -2.48. The fourth-order valence-corrected chi connectivity index (χ4v) is 4.50. The molecule has 94 valence electrons. The van der Waals surface area contributed by atoms with Gasteiger partial charge in [-0.1, -0.05) is 18.2 Å². The van der Waals surface area contributed by atoms with E-state index in [2.05, 4.69) is 17.4 Å². The largest absolute Gasteiger partial charge is 0.349 e. The van der Waals surface area contributed by atoms with E-state index in [-0.39, 0.29) is 5.91 Å². The minimum atomic E-state index is 0.158. The number of rotatable bonds is 0. The SMILES string of the molecule is O=C1NC2C3CCC(CC3)C2Cc2ccccc21. The predicted molar refractivity (Wildman–Crippen MR) is 70.3 cm³/mol. The van der Waals surface area contributed by atoms with Crippen LogP contribution < -0.4 is 5.32 Å². The van der Waals surface area contributed by atoms with Crippen LogP contribution in [0.5, 0.6) is 0 Å². The number of fused-ring (bicyclic) bond motifs is 3. The standard InChI is InChI=1S/C16H19NO/c18-16-13-4-2-1-3-12(13)9-14-10-5-7-11(8-6-10)15(14)17-16/h1-4,10-11,14-15H,5-9H2,(H,17,18). The zero-order chi connectivity index (χ0) is 12.1. The van der Waals surface area contributed by atoms with Crippen LogP contribution in [-0.4, -0.2) is 11.9 Å². The van der Waals surface area contributed by atoms with E-state index in [4.69, 9.17) is 0 Å². The second-order valence-electron chi connectivity index (χ2n) is 6.20. The van der Waals surface area contributed by atoms with Crippen LogP contribution in [0.15, 0.2) is 24.3 Å². The summed E-state index contributed by atoms with van der Waals surface area (Å²) in [6, 6.07) is 8.59. The molecule has 0 radical (unpaired) electrons. The number of carbonyl (C=O) groups excluding carboxylic acids is 1. The number of hydrogen-bond acceptors (Lipinski definition) is 1.